The standard InChI is InChI=1S/C10H18N2OS/c1-10(2)7-12(3-4-14-10)9(13)8-5-11-6-8/h8,11H,3-7H2,1-2H3. The molecule has 0 radical (unpaired) electrons. The highest BCUT2D eigenvalue weighted by molar-refractivity contribution is 8.00. The molecule has 2 rings (SSSR count). The van der Waals surface area contributed by atoms with Gasteiger partial charge in [-0.1, -0.05) is 0 Å². The summed E-state index contributed by atoms with van der Waals surface area (Å²) in [6.45, 7) is 8.04. The van der Waals surface area contributed by atoms with Gasteiger partial charge in [0.15, 0.2) is 0 Å². The molecular formula is C10H18N2OS. The van der Waals surface area contributed by atoms with Gasteiger partial charge in [-0.25, -0.2) is 0 Å². The van der Waals surface area contributed by atoms with Crippen LogP contribution in [0, 0.1) is 5.92 Å². The van der Waals surface area contributed by atoms with Gasteiger partial charge >= 0.3 is 0 Å². The highest BCUT2D eigenvalue weighted by Crippen LogP contribution is 2.30. The minimum atomic E-state index is 0.241. The van der Waals surface area contributed by atoms with E-state index in [0.29, 0.717) is 5.91 Å². The van der Waals surface area contributed by atoms with E-state index in [1.165, 1.54) is 0 Å². The van der Waals surface area contributed by atoms with E-state index in [9.17, 15) is 4.79 Å². The number of nitrogens with one attached hydrogen (secondary N) is 1. The molecule has 14 heavy (non-hydrogen) atoms. The number of hydrogen-bond donors (Lipinski definition) is 1. The molecule has 0 bridgehead atoms. The summed E-state index contributed by atoms with van der Waals surface area (Å²) in [7, 11) is 0. The number of amides is 1. The molecule has 0 atom stereocenters. The maximum Gasteiger partial charge on any atom is 0.228 e. The van der Waals surface area contributed by atoms with Gasteiger partial charge in [-0.2, -0.15) is 11.8 Å². The Morgan fingerprint density at radius 2 is 2.21 bits per heavy atom. The first-order chi connectivity index (χ1) is 6.58. The molecule has 0 spiro atoms. The van der Waals surface area contributed by atoms with Gasteiger partial charge in [-0.3, -0.25) is 4.79 Å². The van der Waals surface area contributed by atoms with Gasteiger partial charge in [-0.15, -0.1) is 0 Å². The summed E-state index contributed by atoms with van der Waals surface area (Å²) in [6.07, 6.45) is 0. The smallest absolute Gasteiger partial charge is 0.228 e. The molecule has 2 aliphatic heterocycles. The number of carbonyl (C=O) groups excluding carboxylic acids is 1. The predicted octanol–water partition coefficient (Wildman–Crippen LogP) is 0.560. The second-order valence-corrected chi connectivity index (χ2v) is 6.53. The molecule has 1 N–H and O–H groups in total. The zero-order valence-corrected chi connectivity index (χ0v) is 9.69. The van der Waals surface area contributed by atoms with E-state index in [0.717, 1.165) is 31.9 Å². The average Bonchev–Trinajstić information content (AvgIpc) is 1.99. The van der Waals surface area contributed by atoms with Gasteiger partial charge in [0, 0.05) is 36.7 Å². The van der Waals surface area contributed by atoms with Crippen molar-refractivity contribution in [3.63, 3.8) is 0 Å². The average molecular weight is 214 g/mol. The number of carbonyl (C=O) groups is 1. The van der Waals surface area contributed by atoms with Crippen LogP contribution in [0.4, 0.5) is 0 Å². The third-order valence-electron chi connectivity index (χ3n) is 2.87. The van der Waals surface area contributed by atoms with Crippen LogP contribution >= 0.6 is 11.8 Å². The largest absolute Gasteiger partial charge is 0.340 e. The zero-order chi connectivity index (χ0) is 10.2. The van der Waals surface area contributed by atoms with E-state index in [1.54, 1.807) is 0 Å². The SMILES string of the molecule is CC1(C)CN(C(=O)C2CNC2)CCS1. The van der Waals surface area contributed by atoms with Crippen molar-refractivity contribution in [3.8, 4) is 0 Å². The van der Waals surface area contributed by atoms with Crippen LogP contribution in [-0.4, -0.2) is 47.5 Å². The Balaban J connectivity index is 1.93. The number of rotatable bonds is 1. The Morgan fingerprint density at radius 3 is 2.71 bits per heavy atom. The summed E-state index contributed by atoms with van der Waals surface area (Å²) in [6, 6.07) is 0. The highest BCUT2D eigenvalue weighted by atomic mass is 32.2. The van der Waals surface area contributed by atoms with Crippen molar-refractivity contribution in [1.82, 2.24) is 10.2 Å². The quantitative estimate of drug-likeness (QED) is 0.692. The van der Waals surface area contributed by atoms with E-state index < -0.39 is 0 Å². The highest BCUT2D eigenvalue weighted by Gasteiger charge is 2.34. The molecule has 4 heteroatoms. The lowest BCUT2D eigenvalue weighted by molar-refractivity contribution is -0.137. The summed E-state index contributed by atoms with van der Waals surface area (Å²) >= 11 is 1.97. The van der Waals surface area contributed by atoms with Crippen LogP contribution in [0.15, 0.2) is 0 Å². The molecule has 80 valence electrons. The normalized spacial score (nSPS) is 27.1. The van der Waals surface area contributed by atoms with Crippen molar-refractivity contribution in [1.29, 1.82) is 0 Å². The van der Waals surface area contributed by atoms with Crippen molar-refractivity contribution in [2.75, 3.05) is 31.9 Å². The first-order valence-electron chi connectivity index (χ1n) is 5.22. The molecule has 0 aromatic rings. The van der Waals surface area contributed by atoms with Crippen LogP contribution in [0.1, 0.15) is 13.8 Å². The lowest BCUT2D eigenvalue weighted by Crippen LogP contribution is -2.55. The molecule has 0 aromatic heterocycles. The van der Waals surface area contributed by atoms with E-state index in [2.05, 4.69) is 19.2 Å². The summed E-state index contributed by atoms with van der Waals surface area (Å²) in [5, 5.41) is 3.15. The van der Waals surface area contributed by atoms with Crippen molar-refractivity contribution in [3.05, 3.63) is 0 Å². The van der Waals surface area contributed by atoms with Crippen LogP contribution in [0.3, 0.4) is 0 Å². The zero-order valence-electron chi connectivity index (χ0n) is 8.88. The Kier molecular flexibility index (Phi) is 2.75. The van der Waals surface area contributed by atoms with Gasteiger partial charge in [0.25, 0.3) is 0 Å². The van der Waals surface area contributed by atoms with E-state index >= 15 is 0 Å². The molecule has 2 aliphatic rings. The minimum Gasteiger partial charge on any atom is -0.340 e. The fraction of sp³-hybridized carbons (Fsp3) is 0.900. The summed E-state index contributed by atoms with van der Waals surface area (Å²) in [4.78, 5) is 14.0. The summed E-state index contributed by atoms with van der Waals surface area (Å²) in [5.41, 5.74) is 0. The Hall–Kier alpha value is -0.220. The van der Waals surface area contributed by atoms with Crippen LogP contribution < -0.4 is 5.32 Å². The summed E-state index contributed by atoms with van der Waals surface area (Å²) < 4.78 is 0.241. The van der Waals surface area contributed by atoms with Gasteiger partial charge in [0.2, 0.25) is 5.91 Å². The molecule has 1 amide bonds. The Bertz CT molecular complexity index is 238. The molecule has 2 fully saturated rings. The van der Waals surface area contributed by atoms with Crippen LogP contribution in [0.2, 0.25) is 0 Å². The van der Waals surface area contributed by atoms with Gasteiger partial charge in [-0.05, 0) is 13.8 Å². The van der Waals surface area contributed by atoms with Crippen molar-refractivity contribution >= 4 is 17.7 Å². The minimum absolute atomic E-state index is 0.241. The molecule has 2 saturated heterocycles. The van der Waals surface area contributed by atoms with E-state index in [4.69, 9.17) is 0 Å². The number of nitrogens with zero attached hydrogens (tertiary/aromatic N) is 1. The lowest BCUT2D eigenvalue weighted by atomic mass is 10.0. The fourth-order valence-corrected chi connectivity index (χ4v) is 3.04. The molecule has 0 aromatic carbocycles. The lowest BCUT2D eigenvalue weighted by Gasteiger charge is -2.40. The monoisotopic (exact) mass is 214 g/mol. The first kappa shape index (κ1) is 10.3. The van der Waals surface area contributed by atoms with E-state index in [-0.39, 0.29) is 10.7 Å². The third-order valence-corrected chi connectivity index (χ3v) is 4.17. The van der Waals surface area contributed by atoms with Crippen molar-refractivity contribution in [2.24, 2.45) is 5.92 Å². The maximum atomic E-state index is 11.9. The third kappa shape index (κ3) is 2.06. The second-order valence-electron chi connectivity index (χ2n) is 4.72. The Morgan fingerprint density at radius 1 is 1.50 bits per heavy atom. The van der Waals surface area contributed by atoms with Gasteiger partial charge in [0.05, 0.1) is 5.92 Å². The van der Waals surface area contributed by atoms with Gasteiger partial charge in [0.1, 0.15) is 0 Å². The van der Waals surface area contributed by atoms with Crippen LogP contribution in [0.25, 0.3) is 0 Å². The number of thioether (sulfide) groups is 1. The number of hydrogen-bond acceptors (Lipinski definition) is 3. The second kappa shape index (κ2) is 3.74. The predicted molar refractivity (Wildman–Crippen MR) is 59.5 cm³/mol. The maximum absolute atomic E-state index is 11.9. The van der Waals surface area contributed by atoms with E-state index in [1.807, 2.05) is 16.7 Å². The van der Waals surface area contributed by atoms with Gasteiger partial charge < -0.3 is 10.2 Å². The fourth-order valence-electron chi connectivity index (χ4n) is 1.93. The molecule has 0 aliphatic carbocycles. The summed E-state index contributed by atoms with van der Waals surface area (Å²) in [5.74, 6) is 1.70. The molecular weight excluding hydrogens is 196 g/mol. The molecule has 3 nitrogen and oxygen atoms in total. The first-order valence-corrected chi connectivity index (χ1v) is 6.20. The van der Waals surface area contributed by atoms with Crippen molar-refractivity contribution < 1.29 is 4.79 Å². The topological polar surface area (TPSA) is 32.3 Å². The molecule has 2 heterocycles. The Labute approximate surface area is 89.6 Å². The van der Waals surface area contributed by atoms with Crippen LogP contribution in [0.5, 0.6) is 0 Å². The molecule has 0 unspecified atom stereocenters. The van der Waals surface area contributed by atoms with Crippen molar-refractivity contribution in [2.45, 2.75) is 18.6 Å². The van der Waals surface area contributed by atoms with Crippen LogP contribution in [-0.2, 0) is 4.79 Å². The molecule has 0 saturated carbocycles.